The van der Waals surface area contributed by atoms with Crippen LogP contribution in [0.25, 0.3) is 0 Å². The Labute approximate surface area is 117 Å². The largest absolute Gasteiger partial charge is 0.480 e. The van der Waals surface area contributed by atoms with Gasteiger partial charge in [0.05, 0.1) is 0 Å². The number of carboxylic acid groups (broad SMARTS) is 1. The number of nitrogens with zero attached hydrogens (tertiary/aromatic N) is 2. The molecular weight excluding hydrogens is 242 g/mol. The zero-order valence-electron chi connectivity index (χ0n) is 12.6. The quantitative estimate of drug-likeness (QED) is 0.686. The monoisotopic (exact) mass is 271 g/mol. The molecule has 1 heterocycles. The Hall–Kier alpha value is -0.650. The lowest BCUT2D eigenvalue weighted by Crippen LogP contribution is -2.49. The molecule has 0 aromatic carbocycles. The Morgan fingerprint density at radius 3 is 2.16 bits per heavy atom. The smallest absolute Gasteiger partial charge is 0.323 e. The first-order valence-electron chi connectivity index (χ1n) is 7.39. The number of aliphatic carboxylic acids is 1. The third-order valence-corrected chi connectivity index (χ3v) is 4.18. The van der Waals surface area contributed by atoms with Gasteiger partial charge in [0.2, 0.25) is 0 Å². The van der Waals surface area contributed by atoms with Crippen molar-refractivity contribution in [1.29, 1.82) is 0 Å². The van der Waals surface area contributed by atoms with Crippen molar-refractivity contribution in [1.82, 2.24) is 15.1 Å². The van der Waals surface area contributed by atoms with Gasteiger partial charge >= 0.3 is 5.97 Å². The molecule has 1 saturated heterocycles. The predicted molar refractivity (Wildman–Crippen MR) is 77.5 cm³/mol. The third-order valence-electron chi connectivity index (χ3n) is 4.18. The molecule has 0 spiro atoms. The van der Waals surface area contributed by atoms with Crippen LogP contribution in [0.1, 0.15) is 33.1 Å². The molecule has 1 aliphatic rings. The van der Waals surface area contributed by atoms with Gasteiger partial charge in [0.1, 0.15) is 5.54 Å². The second kappa shape index (κ2) is 7.82. The minimum Gasteiger partial charge on any atom is -0.480 e. The van der Waals surface area contributed by atoms with E-state index in [9.17, 15) is 9.90 Å². The van der Waals surface area contributed by atoms with E-state index in [4.69, 9.17) is 0 Å². The first-order chi connectivity index (χ1) is 9.01. The van der Waals surface area contributed by atoms with E-state index in [1.807, 2.05) is 0 Å². The van der Waals surface area contributed by atoms with Crippen LogP contribution in [0.4, 0.5) is 0 Å². The van der Waals surface area contributed by atoms with E-state index in [0.717, 1.165) is 39.1 Å². The first kappa shape index (κ1) is 16.4. The number of likely N-dealkylation sites (N-methyl/N-ethyl adjacent to an activating group) is 1. The molecule has 5 heteroatoms. The molecule has 2 N–H and O–H groups in total. The minimum atomic E-state index is -0.788. The van der Waals surface area contributed by atoms with Crippen molar-refractivity contribution >= 4 is 5.97 Å². The van der Waals surface area contributed by atoms with E-state index in [2.05, 4.69) is 22.0 Å². The maximum atomic E-state index is 11.2. The molecular formula is C14H29N3O2. The first-order valence-corrected chi connectivity index (χ1v) is 7.39. The van der Waals surface area contributed by atoms with E-state index < -0.39 is 11.5 Å². The fourth-order valence-electron chi connectivity index (χ4n) is 2.55. The molecule has 1 atom stereocenters. The summed E-state index contributed by atoms with van der Waals surface area (Å²) in [6.45, 7) is 10.7. The Morgan fingerprint density at radius 2 is 1.74 bits per heavy atom. The van der Waals surface area contributed by atoms with Gasteiger partial charge in [-0.1, -0.05) is 6.92 Å². The maximum Gasteiger partial charge on any atom is 0.323 e. The molecule has 0 saturated carbocycles. The highest BCUT2D eigenvalue weighted by atomic mass is 16.4. The summed E-state index contributed by atoms with van der Waals surface area (Å²) in [5.41, 5.74) is -0.788. The summed E-state index contributed by atoms with van der Waals surface area (Å²) in [6, 6.07) is 0. The zero-order chi connectivity index (χ0) is 14.3. The van der Waals surface area contributed by atoms with Crippen LogP contribution >= 0.6 is 0 Å². The third kappa shape index (κ3) is 5.09. The number of nitrogens with one attached hydrogen (secondary N) is 1. The van der Waals surface area contributed by atoms with Crippen molar-refractivity contribution in [3.05, 3.63) is 0 Å². The van der Waals surface area contributed by atoms with Crippen LogP contribution in [0.5, 0.6) is 0 Å². The van der Waals surface area contributed by atoms with E-state index in [1.54, 1.807) is 14.0 Å². The molecule has 0 aliphatic carbocycles. The minimum absolute atomic E-state index is 0.675. The van der Waals surface area contributed by atoms with E-state index in [0.29, 0.717) is 6.42 Å². The number of piperazine rings is 1. The summed E-state index contributed by atoms with van der Waals surface area (Å²) in [7, 11) is 1.72. The van der Waals surface area contributed by atoms with Crippen LogP contribution in [-0.4, -0.2) is 72.7 Å². The van der Waals surface area contributed by atoms with E-state index in [1.165, 1.54) is 13.0 Å². The highest BCUT2D eigenvalue weighted by Gasteiger charge is 2.30. The number of carboxylic acids is 1. The number of hydrogen-bond donors (Lipinski definition) is 2. The van der Waals surface area contributed by atoms with Crippen LogP contribution < -0.4 is 5.32 Å². The molecule has 1 unspecified atom stereocenters. The van der Waals surface area contributed by atoms with Crippen molar-refractivity contribution in [3.8, 4) is 0 Å². The molecule has 19 heavy (non-hydrogen) atoms. The van der Waals surface area contributed by atoms with Crippen LogP contribution in [-0.2, 0) is 4.79 Å². The lowest BCUT2D eigenvalue weighted by atomic mass is 9.96. The fourth-order valence-corrected chi connectivity index (χ4v) is 2.55. The van der Waals surface area contributed by atoms with Crippen LogP contribution in [0.15, 0.2) is 0 Å². The molecule has 0 aromatic heterocycles. The molecule has 1 aliphatic heterocycles. The van der Waals surface area contributed by atoms with Crippen molar-refractivity contribution in [2.75, 3.05) is 46.3 Å². The molecule has 0 bridgehead atoms. The van der Waals surface area contributed by atoms with Gasteiger partial charge in [-0.2, -0.15) is 0 Å². The molecule has 0 aromatic rings. The normalized spacial score (nSPS) is 21.2. The van der Waals surface area contributed by atoms with E-state index >= 15 is 0 Å². The summed E-state index contributed by atoms with van der Waals surface area (Å²) in [6.07, 6.45) is 2.82. The van der Waals surface area contributed by atoms with Gasteiger partial charge in [-0.3, -0.25) is 4.79 Å². The zero-order valence-corrected chi connectivity index (χ0v) is 12.6. The highest BCUT2D eigenvalue weighted by molar-refractivity contribution is 5.78. The Balaban J connectivity index is 2.22. The summed E-state index contributed by atoms with van der Waals surface area (Å²) in [4.78, 5) is 16.1. The average Bonchev–Trinajstić information content (AvgIpc) is 2.40. The molecule has 1 rings (SSSR count). The fraction of sp³-hybridized carbons (Fsp3) is 0.929. The average molecular weight is 271 g/mol. The molecule has 0 amide bonds. The standard InChI is InChI=1S/C14H29N3O2/c1-4-7-16-9-11-17(12-10-16)8-5-6-14(2,15-3)13(18)19/h15H,4-12H2,1-3H3,(H,18,19). The van der Waals surface area contributed by atoms with Gasteiger partial charge < -0.3 is 20.2 Å². The summed E-state index contributed by atoms with van der Waals surface area (Å²) in [5, 5.41) is 12.1. The molecule has 112 valence electrons. The van der Waals surface area contributed by atoms with Crippen molar-refractivity contribution in [2.24, 2.45) is 0 Å². The van der Waals surface area contributed by atoms with Gasteiger partial charge in [-0.05, 0) is 46.3 Å². The lowest BCUT2D eigenvalue weighted by molar-refractivity contribution is -0.144. The van der Waals surface area contributed by atoms with Gasteiger partial charge in [0, 0.05) is 26.2 Å². The Bertz CT molecular complexity index is 278. The van der Waals surface area contributed by atoms with Gasteiger partial charge in [-0.25, -0.2) is 0 Å². The summed E-state index contributed by atoms with van der Waals surface area (Å²) >= 11 is 0. The molecule has 0 radical (unpaired) electrons. The van der Waals surface area contributed by atoms with Gasteiger partial charge in [0.25, 0.3) is 0 Å². The summed E-state index contributed by atoms with van der Waals surface area (Å²) in [5.74, 6) is -0.761. The second-order valence-corrected chi connectivity index (χ2v) is 5.67. The van der Waals surface area contributed by atoms with Gasteiger partial charge in [0.15, 0.2) is 0 Å². The summed E-state index contributed by atoms with van der Waals surface area (Å²) < 4.78 is 0. The SMILES string of the molecule is CCCN1CCN(CCCC(C)(NC)C(=O)O)CC1. The molecule has 1 fully saturated rings. The van der Waals surface area contributed by atoms with Gasteiger partial charge in [-0.15, -0.1) is 0 Å². The van der Waals surface area contributed by atoms with Crippen molar-refractivity contribution < 1.29 is 9.90 Å². The lowest BCUT2D eigenvalue weighted by Gasteiger charge is -2.35. The highest BCUT2D eigenvalue weighted by Crippen LogP contribution is 2.13. The number of carbonyl (C=O) groups is 1. The molecule has 5 nitrogen and oxygen atoms in total. The maximum absolute atomic E-state index is 11.2. The van der Waals surface area contributed by atoms with Crippen molar-refractivity contribution in [3.63, 3.8) is 0 Å². The van der Waals surface area contributed by atoms with Crippen LogP contribution in [0, 0.1) is 0 Å². The second-order valence-electron chi connectivity index (χ2n) is 5.67. The van der Waals surface area contributed by atoms with Crippen LogP contribution in [0.3, 0.4) is 0 Å². The topological polar surface area (TPSA) is 55.8 Å². The Morgan fingerprint density at radius 1 is 1.21 bits per heavy atom. The number of hydrogen-bond acceptors (Lipinski definition) is 4. The predicted octanol–water partition coefficient (Wildman–Crippen LogP) is 0.857. The van der Waals surface area contributed by atoms with Crippen LogP contribution in [0.2, 0.25) is 0 Å². The van der Waals surface area contributed by atoms with E-state index in [-0.39, 0.29) is 0 Å². The number of rotatable bonds is 8. The Kier molecular flexibility index (Phi) is 6.75. The van der Waals surface area contributed by atoms with Crippen molar-refractivity contribution in [2.45, 2.75) is 38.6 Å².